The highest BCUT2D eigenvalue weighted by Gasteiger charge is 2.20. The summed E-state index contributed by atoms with van der Waals surface area (Å²) in [5.74, 6) is -0.230. The molecule has 0 aliphatic carbocycles. The molecule has 0 radical (unpaired) electrons. The topological polar surface area (TPSA) is 104 Å². The van der Waals surface area contributed by atoms with E-state index in [2.05, 4.69) is 47.9 Å². The molecule has 12 heteroatoms. The van der Waals surface area contributed by atoms with E-state index in [1.165, 1.54) is 15.5 Å². The molecule has 4 aromatic rings. The molecule has 2 amide bonds. The number of thiazole rings is 1. The first-order valence-corrected chi connectivity index (χ1v) is 15.3. The zero-order valence-corrected chi connectivity index (χ0v) is 23.5. The van der Waals surface area contributed by atoms with E-state index in [0.717, 1.165) is 92.8 Å². The maximum absolute atomic E-state index is 13.0. The summed E-state index contributed by atoms with van der Waals surface area (Å²) in [6.07, 6.45) is 6.19. The van der Waals surface area contributed by atoms with Crippen molar-refractivity contribution in [1.29, 1.82) is 0 Å². The van der Waals surface area contributed by atoms with Crippen LogP contribution in [0.4, 0.5) is 10.8 Å². The molecule has 0 atom stereocenters. The molecule has 1 aliphatic heterocycles. The second-order valence-electron chi connectivity index (χ2n) is 9.15. The lowest BCUT2D eigenvalue weighted by atomic mass is 10.2. The second-order valence-corrected chi connectivity index (χ2v) is 12.2. The van der Waals surface area contributed by atoms with Crippen molar-refractivity contribution in [2.75, 3.05) is 29.7 Å². The Balaban J connectivity index is 1.15. The smallest absolute Gasteiger partial charge is 0.277 e. The van der Waals surface area contributed by atoms with Gasteiger partial charge in [-0.15, -0.1) is 11.3 Å². The summed E-state index contributed by atoms with van der Waals surface area (Å²) in [7, 11) is 0. The van der Waals surface area contributed by atoms with Crippen molar-refractivity contribution in [3.63, 3.8) is 0 Å². The van der Waals surface area contributed by atoms with Crippen LogP contribution < -0.4 is 15.4 Å². The van der Waals surface area contributed by atoms with Gasteiger partial charge in [-0.05, 0) is 73.5 Å². The molecule has 0 saturated carbocycles. The number of hydrogen-bond donors (Lipinski definition) is 3. The third kappa shape index (κ3) is 7.13. The highest BCUT2D eigenvalue weighted by atomic mass is 32.2. The summed E-state index contributed by atoms with van der Waals surface area (Å²) in [4.78, 5) is 30.4. The fraction of sp³-hybridized carbons (Fsp3) is 0.385. The Hall–Kier alpha value is -2.93. The van der Waals surface area contributed by atoms with Crippen LogP contribution in [0.2, 0.25) is 0 Å². The molecule has 3 aromatic heterocycles. The number of hydrogen-bond acceptors (Lipinski definition) is 9. The van der Waals surface area contributed by atoms with Crippen LogP contribution in [0.3, 0.4) is 0 Å². The van der Waals surface area contributed by atoms with E-state index in [-0.39, 0.29) is 5.91 Å². The number of amides is 2. The first kappa shape index (κ1) is 26.7. The van der Waals surface area contributed by atoms with Crippen molar-refractivity contribution in [3.05, 3.63) is 53.2 Å². The van der Waals surface area contributed by atoms with Crippen LogP contribution in [0.15, 0.2) is 46.0 Å². The summed E-state index contributed by atoms with van der Waals surface area (Å²) in [6.45, 7) is 4.43. The average molecular weight is 570 g/mol. The standard InChI is InChI=1S/C26H31N7O2S3/c34-18-27-10-3-1-2-4-11-32-12-6-13-33-20(17-32)16-22(30-33)25(35)29-26-28-21-9-8-19(15-23(21)37-26)31-38-24-7-5-14-36-24/h5,7-9,14-16,18,31H,1-4,6,10-13,17H2,(H,27,34)(H,28,29,35). The van der Waals surface area contributed by atoms with Crippen molar-refractivity contribution < 1.29 is 9.59 Å². The Morgan fingerprint density at radius 2 is 2.05 bits per heavy atom. The molecule has 0 saturated heterocycles. The number of thiophene rings is 1. The monoisotopic (exact) mass is 569 g/mol. The van der Waals surface area contributed by atoms with Crippen LogP contribution >= 0.6 is 34.6 Å². The number of nitrogens with zero attached hydrogens (tertiary/aromatic N) is 4. The molecule has 0 unspecified atom stereocenters. The van der Waals surface area contributed by atoms with Crippen LogP contribution in [0.25, 0.3) is 10.2 Å². The summed E-state index contributed by atoms with van der Waals surface area (Å²) in [5, 5.41) is 12.9. The number of unbranched alkanes of at least 4 members (excludes halogenated alkanes) is 3. The number of aromatic nitrogens is 3. The molecule has 200 valence electrons. The Bertz CT molecular complexity index is 1350. The Morgan fingerprint density at radius 1 is 1.13 bits per heavy atom. The van der Waals surface area contributed by atoms with E-state index < -0.39 is 0 Å². The first-order chi connectivity index (χ1) is 18.7. The molecule has 1 aliphatic rings. The molecule has 0 fully saturated rings. The largest absolute Gasteiger partial charge is 0.359 e. The number of aryl methyl sites for hydroxylation is 1. The molecule has 0 spiro atoms. The molecule has 5 rings (SSSR count). The highest BCUT2D eigenvalue weighted by molar-refractivity contribution is 8.02. The van der Waals surface area contributed by atoms with E-state index >= 15 is 0 Å². The molecular formula is C26H31N7O2S3. The maximum Gasteiger partial charge on any atom is 0.277 e. The summed E-state index contributed by atoms with van der Waals surface area (Å²) >= 11 is 4.74. The highest BCUT2D eigenvalue weighted by Crippen LogP contribution is 2.31. The van der Waals surface area contributed by atoms with E-state index in [4.69, 9.17) is 0 Å². The lowest BCUT2D eigenvalue weighted by molar-refractivity contribution is -0.109. The number of carbonyl (C=O) groups is 2. The Labute approximate surface area is 234 Å². The fourth-order valence-electron chi connectivity index (χ4n) is 4.44. The maximum atomic E-state index is 13.0. The Kier molecular flexibility index (Phi) is 9.28. The van der Waals surface area contributed by atoms with Crippen LogP contribution in [0.1, 0.15) is 48.3 Å². The third-order valence-corrected chi connectivity index (χ3v) is 9.14. The minimum absolute atomic E-state index is 0.230. The molecule has 3 N–H and O–H groups in total. The number of anilines is 2. The van der Waals surface area contributed by atoms with Crippen LogP contribution in [0.5, 0.6) is 0 Å². The molecule has 0 bridgehead atoms. The zero-order chi connectivity index (χ0) is 26.2. The third-order valence-electron chi connectivity index (χ3n) is 6.33. The summed E-state index contributed by atoms with van der Waals surface area (Å²) in [6, 6.07) is 12.0. The number of carbonyl (C=O) groups excluding carboxylic acids is 2. The second kappa shape index (κ2) is 13.2. The van der Waals surface area contributed by atoms with Gasteiger partial charge in [0.05, 0.1) is 20.1 Å². The van der Waals surface area contributed by atoms with Crippen molar-refractivity contribution in [2.45, 2.75) is 49.4 Å². The predicted molar refractivity (Wildman–Crippen MR) is 156 cm³/mol. The van der Waals surface area contributed by atoms with Crippen molar-refractivity contribution in [2.24, 2.45) is 0 Å². The van der Waals surface area contributed by atoms with Gasteiger partial charge in [-0.1, -0.05) is 30.2 Å². The van der Waals surface area contributed by atoms with Gasteiger partial charge in [-0.3, -0.25) is 24.5 Å². The van der Waals surface area contributed by atoms with Crippen LogP contribution in [-0.2, 0) is 17.9 Å². The molecular weight excluding hydrogens is 539 g/mol. The predicted octanol–water partition coefficient (Wildman–Crippen LogP) is 5.44. The van der Waals surface area contributed by atoms with Crippen LogP contribution in [0, 0.1) is 0 Å². The quantitative estimate of drug-likeness (QED) is 0.112. The normalized spacial score (nSPS) is 13.7. The van der Waals surface area contributed by atoms with E-state index in [1.54, 1.807) is 23.3 Å². The zero-order valence-electron chi connectivity index (χ0n) is 21.0. The lowest BCUT2D eigenvalue weighted by Gasteiger charge is -2.19. The first-order valence-electron chi connectivity index (χ1n) is 12.8. The number of nitrogens with one attached hydrogen (secondary N) is 3. The molecule has 9 nitrogen and oxygen atoms in total. The molecule has 38 heavy (non-hydrogen) atoms. The summed E-state index contributed by atoms with van der Waals surface area (Å²) < 4.78 is 7.55. The van der Waals surface area contributed by atoms with Gasteiger partial charge < -0.3 is 10.0 Å². The number of benzene rings is 1. The average Bonchev–Trinajstić information content (AvgIpc) is 3.64. The SMILES string of the molecule is O=CNCCCCCCN1CCCn2nc(C(=O)Nc3nc4ccc(NSc5cccs5)cc4s3)cc2C1. The van der Waals surface area contributed by atoms with Gasteiger partial charge in [0.25, 0.3) is 5.91 Å². The number of rotatable bonds is 13. The minimum atomic E-state index is -0.230. The fourth-order valence-corrected chi connectivity index (χ4v) is 6.76. The van der Waals surface area contributed by atoms with Gasteiger partial charge in [-0.2, -0.15) is 5.10 Å². The Morgan fingerprint density at radius 3 is 2.92 bits per heavy atom. The van der Waals surface area contributed by atoms with E-state index in [9.17, 15) is 9.59 Å². The van der Waals surface area contributed by atoms with Crippen LogP contribution in [-0.4, -0.2) is 51.6 Å². The van der Waals surface area contributed by atoms with Gasteiger partial charge in [0.2, 0.25) is 6.41 Å². The van der Waals surface area contributed by atoms with Gasteiger partial charge in [0.1, 0.15) is 0 Å². The number of fused-ring (bicyclic) bond motifs is 2. The van der Waals surface area contributed by atoms with Crippen molar-refractivity contribution in [1.82, 2.24) is 25.0 Å². The van der Waals surface area contributed by atoms with Crippen molar-refractivity contribution >= 4 is 68.0 Å². The van der Waals surface area contributed by atoms with Gasteiger partial charge in [-0.25, -0.2) is 4.98 Å². The molecule has 4 heterocycles. The lowest BCUT2D eigenvalue weighted by Crippen LogP contribution is -2.24. The van der Waals surface area contributed by atoms with Gasteiger partial charge >= 0.3 is 0 Å². The minimum Gasteiger partial charge on any atom is -0.359 e. The van der Waals surface area contributed by atoms with E-state index in [0.29, 0.717) is 10.8 Å². The summed E-state index contributed by atoms with van der Waals surface area (Å²) in [5.41, 5.74) is 3.35. The van der Waals surface area contributed by atoms with Gasteiger partial charge in [0.15, 0.2) is 10.8 Å². The van der Waals surface area contributed by atoms with Crippen molar-refractivity contribution in [3.8, 4) is 0 Å². The van der Waals surface area contributed by atoms with Gasteiger partial charge in [0, 0.05) is 31.9 Å². The van der Waals surface area contributed by atoms with E-state index in [1.807, 2.05) is 28.9 Å². The molecule has 1 aromatic carbocycles.